The third-order valence-corrected chi connectivity index (χ3v) is 1.70. The maximum absolute atomic E-state index is 13.1. The van der Waals surface area contributed by atoms with Gasteiger partial charge in [0.2, 0.25) is 0 Å². The zero-order chi connectivity index (χ0) is 11.1. The normalized spacial score (nSPS) is 10.5. The van der Waals surface area contributed by atoms with Crippen LogP contribution < -0.4 is 11.1 Å². The lowest BCUT2D eigenvalue weighted by molar-refractivity contribution is 0.0954. The number of nitrogens with zero attached hydrogens (tertiary/aromatic N) is 1. The second-order valence-corrected chi connectivity index (χ2v) is 2.77. The maximum Gasteiger partial charge on any atom is 0.254 e. The molecular weight excluding hydrogens is 197 g/mol. The van der Waals surface area contributed by atoms with Crippen molar-refractivity contribution in [2.24, 2.45) is 5.73 Å². The smallest absolute Gasteiger partial charge is 0.254 e. The summed E-state index contributed by atoms with van der Waals surface area (Å²) < 4.78 is 13.1. The molecular formula is C10H12FN3O. The fourth-order valence-corrected chi connectivity index (χ4v) is 0.986. The van der Waals surface area contributed by atoms with Gasteiger partial charge in [-0.1, -0.05) is 12.2 Å². The van der Waals surface area contributed by atoms with Crippen LogP contribution in [0.3, 0.4) is 0 Å². The number of nitrogens with two attached hydrogens (primary N) is 1. The van der Waals surface area contributed by atoms with Crippen molar-refractivity contribution in [1.29, 1.82) is 0 Å². The summed E-state index contributed by atoms with van der Waals surface area (Å²) in [6.07, 6.45) is 5.79. The van der Waals surface area contributed by atoms with Crippen LogP contribution in [-0.2, 0) is 0 Å². The molecule has 0 saturated carbocycles. The van der Waals surface area contributed by atoms with Gasteiger partial charge in [0, 0.05) is 19.3 Å². The van der Waals surface area contributed by atoms with Crippen molar-refractivity contribution in [3.63, 3.8) is 0 Å². The molecule has 4 nitrogen and oxygen atoms in total. The largest absolute Gasteiger partial charge is 0.348 e. The number of hydrogen-bond acceptors (Lipinski definition) is 3. The number of halogens is 1. The molecule has 1 aromatic heterocycles. The molecule has 1 aromatic rings. The Hall–Kier alpha value is -1.75. The van der Waals surface area contributed by atoms with Gasteiger partial charge in [0.25, 0.3) is 5.91 Å². The van der Waals surface area contributed by atoms with Gasteiger partial charge in [-0.05, 0) is 6.07 Å². The number of carbonyl (C=O) groups is 1. The van der Waals surface area contributed by atoms with Crippen molar-refractivity contribution in [2.45, 2.75) is 0 Å². The van der Waals surface area contributed by atoms with Crippen LogP contribution in [0.15, 0.2) is 30.6 Å². The number of aromatic nitrogens is 1. The lowest BCUT2D eigenvalue weighted by atomic mass is 10.2. The van der Waals surface area contributed by atoms with E-state index in [1.54, 1.807) is 12.2 Å². The molecule has 1 rings (SSSR count). The van der Waals surface area contributed by atoms with Crippen molar-refractivity contribution in [2.75, 3.05) is 13.1 Å². The predicted octanol–water partition coefficient (Wildman–Crippen LogP) is 0.465. The van der Waals surface area contributed by atoms with Crippen molar-refractivity contribution in [3.05, 3.63) is 42.0 Å². The average molecular weight is 209 g/mol. The van der Waals surface area contributed by atoms with E-state index in [1.165, 1.54) is 12.3 Å². The summed E-state index contributed by atoms with van der Waals surface area (Å²) in [6, 6.07) is 1.33. The number of amides is 1. The summed E-state index contributed by atoms with van der Waals surface area (Å²) in [5.41, 5.74) is 5.20. The fraction of sp³-hybridized carbons (Fsp3) is 0.200. The van der Waals surface area contributed by atoms with Crippen LogP contribution in [-0.4, -0.2) is 24.0 Å². The highest BCUT2D eigenvalue weighted by Crippen LogP contribution is 2.03. The number of carbonyl (C=O) groups excluding carboxylic acids is 1. The van der Waals surface area contributed by atoms with E-state index in [9.17, 15) is 9.18 Å². The fourth-order valence-electron chi connectivity index (χ4n) is 0.986. The van der Waals surface area contributed by atoms with E-state index < -0.39 is 11.7 Å². The van der Waals surface area contributed by atoms with Gasteiger partial charge in [-0.25, -0.2) is 4.39 Å². The Morgan fingerprint density at radius 3 is 3.07 bits per heavy atom. The van der Waals surface area contributed by atoms with E-state index in [1.807, 2.05) is 0 Å². The number of hydrogen-bond donors (Lipinski definition) is 2. The van der Waals surface area contributed by atoms with Crippen LogP contribution in [0.4, 0.5) is 4.39 Å². The van der Waals surface area contributed by atoms with E-state index in [4.69, 9.17) is 5.73 Å². The average Bonchev–Trinajstić information content (AvgIpc) is 2.25. The molecule has 0 spiro atoms. The molecule has 1 amide bonds. The Kier molecular flexibility index (Phi) is 4.43. The highest BCUT2D eigenvalue weighted by atomic mass is 19.1. The van der Waals surface area contributed by atoms with Gasteiger partial charge in [0.15, 0.2) is 5.82 Å². The summed E-state index contributed by atoms with van der Waals surface area (Å²) in [7, 11) is 0. The lowest BCUT2D eigenvalue weighted by Crippen LogP contribution is -2.24. The van der Waals surface area contributed by atoms with E-state index >= 15 is 0 Å². The first-order valence-electron chi connectivity index (χ1n) is 4.48. The quantitative estimate of drug-likeness (QED) is 0.708. The minimum Gasteiger partial charge on any atom is -0.348 e. The first kappa shape index (κ1) is 11.3. The summed E-state index contributed by atoms with van der Waals surface area (Å²) in [5.74, 6) is -1.09. The van der Waals surface area contributed by atoms with E-state index in [0.29, 0.717) is 13.1 Å². The van der Waals surface area contributed by atoms with Crippen LogP contribution >= 0.6 is 0 Å². The second kappa shape index (κ2) is 5.87. The third-order valence-electron chi connectivity index (χ3n) is 1.70. The van der Waals surface area contributed by atoms with Gasteiger partial charge >= 0.3 is 0 Å². The Bertz CT molecular complexity index is 365. The SMILES string of the molecule is NC/C=C/CNC(=O)c1ccncc1F. The van der Waals surface area contributed by atoms with Gasteiger partial charge < -0.3 is 11.1 Å². The van der Waals surface area contributed by atoms with Crippen molar-refractivity contribution in [1.82, 2.24) is 10.3 Å². The molecule has 3 N–H and O–H groups in total. The number of pyridine rings is 1. The molecule has 0 atom stereocenters. The molecule has 5 heteroatoms. The Morgan fingerprint density at radius 1 is 1.60 bits per heavy atom. The Balaban J connectivity index is 2.54. The molecule has 0 aliphatic rings. The zero-order valence-corrected chi connectivity index (χ0v) is 8.11. The molecule has 0 aliphatic heterocycles. The third kappa shape index (κ3) is 3.47. The van der Waals surface area contributed by atoms with Gasteiger partial charge in [-0.15, -0.1) is 0 Å². The highest BCUT2D eigenvalue weighted by molar-refractivity contribution is 5.94. The van der Waals surface area contributed by atoms with Gasteiger partial charge in [-0.3, -0.25) is 9.78 Å². The van der Waals surface area contributed by atoms with E-state index in [0.717, 1.165) is 6.20 Å². The number of nitrogens with one attached hydrogen (secondary N) is 1. The summed E-state index contributed by atoms with van der Waals surface area (Å²) >= 11 is 0. The first-order valence-corrected chi connectivity index (χ1v) is 4.48. The molecule has 0 aliphatic carbocycles. The van der Waals surface area contributed by atoms with E-state index in [2.05, 4.69) is 10.3 Å². The van der Waals surface area contributed by atoms with Crippen molar-refractivity contribution in [3.8, 4) is 0 Å². The molecule has 0 saturated heterocycles. The molecule has 0 fully saturated rings. The molecule has 0 aromatic carbocycles. The van der Waals surface area contributed by atoms with E-state index in [-0.39, 0.29) is 5.56 Å². The standard InChI is InChI=1S/C10H12FN3O/c11-9-7-13-6-3-8(9)10(15)14-5-2-1-4-12/h1-3,6-7H,4-5,12H2,(H,14,15)/b2-1+. The van der Waals surface area contributed by atoms with Crippen molar-refractivity contribution >= 4 is 5.91 Å². The van der Waals surface area contributed by atoms with Crippen LogP contribution in [0, 0.1) is 5.82 Å². The van der Waals surface area contributed by atoms with Crippen LogP contribution in [0.1, 0.15) is 10.4 Å². The molecule has 80 valence electrons. The molecule has 0 radical (unpaired) electrons. The maximum atomic E-state index is 13.1. The second-order valence-electron chi connectivity index (χ2n) is 2.77. The minimum atomic E-state index is -0.627. The summed E-state index contributed by atoms with van der Waals surface area (Å²) in [5, 5.41) is 2.53. The van der Waals surface area contributed by atoms with Crippen molar-refractivity contribution < 1.29 is 9.18 Å². The predicted molar refractivity (Wildman–Crippen MR) is 54.7 cm³/mol. The minimum absolute atomic E-state index is 0.00820. The Labute approximate surface area is 87.0 Å². The van der Waals surface area contributed by atoms with Crippen LogP contribution in [0.25, 0.3) is 0 Å². The topological polar surface area (TPSA) is 68.0 Å². The van der Waals surface area contributed by atoms with Gasteiger partial charge in [-0.2, -0.15) is 0 Å². The highest BCUT2D eigenvalue weighted by Gasteiger charge is 2.09. The van der Waals surface area contributed by atoms with Crippen LogP contribution in [0.2, 0.25) is 0 Å². The molecule has 0 bridgehead atoms. The lowest BCUT2D eigenvalue weighted by Gasteiger charge is -2.02. The summed E-state index contributed by atoms with van der Waals surface area (Å²) in [6.45, 7) is 0.747. The van der Waals surface area contributed by atoms with Crippen LogP contribution in [0.5, 0.6) is 0 Å². The summed E-state index contributed by atoms with van der Waals surface area (Å²) in [4.78, 5) is 14.9. The molecule has 0 unspecified atom stereocenters. The molecule has 15 heavy (non-hydrogen) atoms. The number of rotatable bonds is 4. The zero-order valence-electron chi connectivity index (χ0n) is 8.11. The first-order chi connectivity index (χ1) is 7.25. The monoisotopic (exact) mass is 209 g/mol. The van der Waals surface area contributed by atoms with Gasteiger partial charge in [0.1, 0.15) is 0 Å². The Morgan fingerprint density at radius 2 is 2.40 bits per heavy atom. The van der Waals surface area contributed by atoms with Gasteiger partial charge in [0.05, 0.1) is 11.8 Å². The molecule has 1 heterocycles.